The molecule has 2 aromatic rings. The lowest BCUT2D eigenvalue weighted by Crippen LogP contribution is -2.47. The van der Waals surface area contributed by atoms with Gasteiger partial charge in [-0.15, -0.1) is 0 Å². The van der Waals surface area contributed by atoms with Crippen LogP contribution in [0.2, 0.25) is 5.02 Å². The Hall–Kier alpha value is -2.25. The molecule has 1 aromatic heterocycles. The van der Waals surface area contributed by atoms with Crippen LogP contribution in [0.4, 0.5) is 5.69 Å². The van der Waals surface area contributed by atoms with Crippen LogP contribution >= 0.6 is 11.6 Å². The molecule has 0 saturated carbocycles. The lowest BCUT2D eigenvalue weighted by molar-refractivity contribution is 0.255. The van der Waals surface area contributed by atoms with Crippen molar-refractivity contribution in [2.24, 2.45) is 12.0 Å². The number of anilines is 1. The second kappa shape index (κ2) is 11.1. The summed E-state index contributed by atoms with van der Waals surface area (Å²) in [5.74, 6) is 0.861. The van der Waals surface area contributed by atoms with E-state index in [4.69, 9.17) is 11.6 Å². The van der Waals surface area contributed by atoms with Gasteiger partial charge in [-0.2, -0.15) is 5.10 Å². The highest BCUT2D eigenvalue weighted by Crippen LogP contribution is 2.20. The van der Waals surface area contributed by atoms with Gasteiger partial charge in [0.1, 0.15) is 0 Å². The Balaban J connectivity index is 1.36. The van der Waals surface area contributed by atoms with Gasteiger partial charge in [0.2, 0.25) is 0 Å². The van der Waals surface area contributed by atoms with E-state index in [0.717, 1.165) is 68.9 Å². The van der Waals surface area contributed by atoms with Crippen LogP contribution in [0, 0.1) is 0 Å². The zero-order valence-corrected chi connectivity index (χ0v) is 18.2. The second-order valence-corrected chi connectivity index (χ2v) is 7.67. The number of halogens is 1. The van der Waals surface area contributed by atoms with Crippen molar-refractivity contribution in [3.8, 4) is 0 Å². The molecule has 0 aliphatic carbocycles. The van der Waals surface area contributed by atoms with Crippen molar-refractivity contribution in [3.63, 3.8) is 0 Å². The number of aromatic nitrogens is 2. The summed E-state index contributed by atoms with van der Waals surface area (Å²) in [6, 6.07) is 10.1. The number of aliphatic imine (C=N–C) groups is 1. The van der Waals surface area contributed by atoms with Crippen molar-refractivity contribution in [3.05, 3.63) is 47.2 Å². The summed E-state index contributed by atoms with van der Waals surface area (Å²) in [5.41, 5.74) is 2.32. The lowest BCUT2D eigenvalue weighted by atomic mass is 10.2. The van der Waals surface area contributed by atoms with Gasteiger partial charge in [0.15, 0.2) is 5.96 Å². The Morgan fingerprint density at radius 2 is 2.00 bits per heavy atom. The van der Waals surface area contributed by atoms with Crippen molar-refractivity contribution in [1.29, 1.82) is 0 Å². The first kappa shape index (κ1) is 21.5. The van der Waals surface area contributed by atoms with Gasteiger partial charge >= 0.3 is 0 Å². The maximum absolute atomic E-state index is 6.12. The number of hydrogen-bond acceptors (Lipinski definition) is 4. The standard InChI is InChI=1S/C21H32ClN7/c1-3-23-21(25-17-20-8-10-26-27(20)2)24-9-5-11-28-12-14-29(15-13-28)19-7-4-6-18(22)16-19/h4,6-8,10,16H,3,5,9,11-15,17H2,1-2H3,(H2,23,24,25). The predicted molar refractivity (Wildman–Crippen MR) is 121 cm³/mol. The lowest BCUT2D eigenvalue weighted by Gasteiger charge is -2.36. The number of guanidine groups is 1. The normalized spacial score (nSPS) is 15.6. The van der Waals surface area contributed by atoms with E-state index in [9.17, 15) is 0 Å². The zero-order valence-electron chi connectivity index (χ0n) is 17.4. The van der Waals surface area contributed by atoms with Crippen LogP contribution in [0.15, 0.2) is 41.5 Å². The first-order chi connectivity index (χ1) is 14.2. The number of piperazine rings is 1. The first-order valence-corrected chi connectivity index (χ1v) is 10.8. The molecule has 0 spiro atoms. The van der Waals surface area contributed by atoms with Gasteiger partial charge in [0.05, 0.1) is 12.2 Å². The van der Waals surface area contributed by atoms with E-state index in [1.54, 1.807) is 6.20 Å². The number of hydrogen-bond donors (Lipinski definition) is 2. The molecule has 158 valence electrons. The van der Waals surface area contributed by atoms with Gasteiger partial charge < -0.3 is 15.5 Å². The van der Waals surface area contributed by atoms with E-state index in [1.807, 2.05) is 36.0 Å². The smallest absolute Gasteiger partial charge is 0.191 e. The molecule has 1 aromatic carbocycles. The van der Waals surface area contributed by atoms with E-state index >= 15 is 0 Å². The summed E-state index contributed by atoms with van der Waals surface area (Å²) >= 11 is 6.12. The highest BCUT2D eigenvalue weighted by molar-refractivity contribution is 6.30. The van der Waals surface area contributed by atoms with Crippen molar-refractivity contribution >= 4 is 23.2 Å². The fourth-order valence-electron chi connectivity index (χ4n) is 3.47. The molecule has 2 heterocycles. The van der Waals surface area contributed by atoms with Crippen molar-refractivity contribution in [2.75, 3.05) is 50.7 Å². The molecule has 2 N–H and O–H groups in total. The summed E-state index contributed by atoms with van der Waals surface area (Å²) in [6.45, 7) is 9.82. The fraction of sp³-hybridized carbons (Fsp3) is 0.524. The van der Waals surface area contributed by atoms with Crippen LogP contribution < -0.4 is 15.5 Å². The average molecular weight is 418 g/mol. The number of benzene rings is 1. The van der Waals surface area contributed by atoms with Gasteiger partial charge in [-0.3, -0.25) is 9.58 Å². The Bertz CT molecular complexity index is 781. The maximum atomic E-state index is 6.12. The van der Waals surface area contributed by atoms with Crippen LogP contribution in [-0.4, -0.2) is 66.5 Å². The maximum Gasteiger partial charge on any atom is 0.191 e. The number of aryl methyl sites for hydroxylation is 1. The van der Waals surface area contributed by atoms with Gasteiger partial charge in [-0.25, -0.2) is 4.99 Å². The zero-order chi connectivity index (χ0) is 20.5. The second-order valence-electron chi connectivity index (χ2n) is 7.23. The predicted octanol–water partition coefficient (Wildman–Crippen LogP) is 2.34. The molecule has 1 fully saturated rings. The Morgan fingerprint density at radius 1 is 1.17 bits per heavy atom. The van der Waals surface area contributed by atoms with Crippen molar-refractivity contribution in [1.82, 2.24) is 25.3 Å². The molecule has 8 heteroatoms. The van der Waals surface area contributed by atoms with Crippen LogP contribution in [0.25, 0.3) is 0 Å². The molecule has 3 rings (SSSR count). The van der Waals surface area contributed by atoms with E-state index in [1.165, 1.54) is 5.69 Å². The average Bonchev–Trinajstić information content (AvgIpc) is 3.14. The van der Waals surface area contributed by atoms with E-state index < -0.39 is 0 Å². The van der Waals surface area contributed by atoms with Gasteiger partial charge in [-0.05, 0) is 44.2 Å². The minimum atomic E-state index is 0.622. The molecule has 29 heavy (non-hydrogen) atoms. The number of nitrogens with zero attached hydrogens (tertiary/aromatic N) is 5. The SMILES string of the molecule is CCNC(=NCc1ccnn1C)NCCCN1CCN(c2cccc(Cl)c2)CC1. The highest BCUT2D eigenvalue weighted by atomic mass is 35.5. The van der Waals surface area contributed by atoms with Gasteiger partial charge in [0, 0.05) is 63.2 Å². The first-order valence-electron chi connectivity index (χ1n) is 10.4. The summed E-state index contributed by atoms with van der Waals surface area (Å²) in [7, 11) is 1.94. The fourth-order valence-corrected chi connectivity index (χ4v) is 3.65. The van der Waals surface area contributed by atoms with E-state index in [0.29, 0.717) is 6.54 Å². The molecule has 0 amide bonds. The van der Waals surface area contributed by atoms with Gasteiger partial charge in [-0.1, -0.05) is 17.7 Å². The Morgan fingerprint density at radius 3 is 2.69 bits per heavy atom. The minimum Gasteiger partial charge on any atom is -0.369 e. The quantitative estimate of drug-likeness (QED) is 0.392. The summed E-state index contributed by atoms with van der Waals surface area (Å²) in [5, 5.41) is 11.7. The largest absolute Gasteiger partial charge is 0.369 e. The summed E-state index contributed by atoms with van der Waals surface area (Å²) in [6.07, 6.45) is 2.89. The molecule has 0 atom stereocenters. The topological polar surface area (TPSA) is 60.7 Å². The monoisotopic (exact) mass is 417 g/mol. The molecular weight excluding hydrogens is 386 g/mol. The van der Waals surface area contributed by atoms with Crippen molar-refractivity contribution < 1.29 is 0 Å². The number of nitrogens with one attached hydrogen (secondary N) is 2. The third kappa shape index (κ3) is 6.65. The Labute approximate surface area is 178 Å². The molecule has 1 aliphatic heterocycles. The van der Waals surface area contributed by atoms with Crippen LogP contribution in [0.1, 0.15) is 19.0 Å². The molecule has 1 aliphatic rings. The van der Waals surface area contributed by atoms with Gasteiger partial charge in [0.25, 0.3) is 0 Å². The molecule has 0 radical (unpaired) electrons. The molecule has 0 bridgehead atoms. The molecule has 0 unspecified atom stereocenters. The van der Waals surface area contributed by atoms with Crippen molar-refractivity contribution in [2.45, 2.75) is 19.9 Å². The third-order valence-corrected chi connectivity index (χ3v) is 5.39. The third-order valence-electron chi connectivity index (χ3n) is 5.16. The van der Waals surface area contributed by atoms with Crippen LogP contribution in [0.3, 0.4) is 0 Å². The van der Waals surface area contributed by atoms with Crippen LogP contribution in [0.5, 0.6) is 0 Å². The molecule has 7 nitrogen and oxygen atoms in total. The van der Waals surface area contributed by atoms with E-state index in [-0.39, 0.29) is 0 Å². The minimum absolute atomic E-state index is 0.622. The van der Waals surface area contributed by atoms with Crippen LogP contribution in [-0.2, 0) is 13.6 Å². The molecule has 1 saturated heterocycles. The summed E-state index contributed by atoms with van der Waals surface area (Å²) in [4.78, 5) is 9.60. The highest BCUT2D eigenvalue weighted by Gasteiger charge is 2.16. The molecular formula is C21H32ClN7. The van der Waals surface area contributed by atoms with E-state index in [2.05, 4.69) is 43.5 Å². The summed E-state index contributed by atoms with van der Waals surface area (Å²) < 4.78 is 1.86. The number of rotatable bonds is 8. The Kier molecular flexibility index (Phi) is 8.19.